The minimum Gasteiger partial charge on any atom is -0.496 e. The van der Waals surface area contributed by atoms with Crippen LogP contribution in [0.3, 0.4) is 0 Å². The predicted octanol–water partition coefficient (Wildman–Crippen LogP) is 2.16. The molecule has 1 heterocycles. The molecule has 5 heteroatoms. The highest BCUT2D eigenvalue weighted by Gasteiger charge is 2.52. The third kappa shape index (κ3) is 2.59. The number of hydrogen-bond donors (Lipinski definition) is 3. The van der Waals surface area contributed by atoms with Gasteiger partial charge in [0, 0.05) is 5.41 Å². The number of nitrogens with one attached hydrogen (secondary N) is 2. The van der Waals surface area contributed by atoms with Crippen LogP contribution in [0.2, 0.25) is 0 Å². The lowest BCUT2D eigenvalue weighted by molar-refractivity contribution is 0.0417. The molecule has 1 saturated heterocycles. The molecule has 1 aliphatic carbocycles. The second-order valence-corrected chi connectivity index (χ2v) is 7.09. The highest BCUT2D eigenvalue weighted by Crippen LogP contribution is 2.50. The third-order valence-electron chi connectivity index (χ3n) is 5.85. The molecular weight excluding hydrogens is 328 g/mol. The van der Waals surface area contributed by atoms with Crippen molar-refractivity contribution in [3.63, 3.8) is 0 Å². The molecule has 1 spiro atoms. The smallest absolute Gasteiger partial charge is 0.255 e. The number of carbonyl (C=O) groups is 1. The summed E-state index contributed by atoms with van der Waals surface area (Å²) in [5.74, 6) is 0.301. The molecule has 0 saturated carbocycles. The van der Waals surface area contributed by atoms with E-state index in [0.717, 1.165) is 31.5 Å². The number of fused-ring (bicyclic) bond motifs is 2. The number of ether oxygens (including phenoxy) is 1. The summed E-state index contributed by atoms with van der Waals surface area (Å²) in [6.45, 7) is 1.75. The van der Waals surface area contributed by atoms with Gasteiger partial charge in [-0.2, -0.15) is 0 Å². The van der Waals surface area contributed by atoms with Crippen molar-refractivity contribution < 1.29 is 14.6 Å². The fourth-order valence-corrected chi connectivity index (χ4v) is 4.52. The Bertz CT molecular complexity index is 814. The van der Waals surface area contributed by atoms with Crippen LogP contribution in [-0.2, 0) is 5.41 Å². The molecule has 1 aliphatic heterocycles. The van der Waals surface area contributed by atoms with Gasteiger partial charge in [0.2, 0.25) is 0 Å². The van der Waals surface area contributed by atoms with Gasteiger partial charge < -0.3 is 20.5 Å². The topological polar surface area (TPSA) is 70.6 Å². The van der Waals surface area contributed by atoms with Crippen LogP contribution in [0.1, 0.15) is 40.4 Å². The Morgan fingerprint density at radius 3 is 2.62 bits per heavy atom. The van der Waals surface area contributed by atoms with E-state index < -0.39 is 12.1 Å². The fraction of sp³-hybridized carbons (Fsp3) is 0.381. The number of hydrogen-bond acceptors (Lipinski definition) is 4. The van der Waals surface area contributed by atoms with Crippen molar-refractivity contribution in [1.29, 1.82) is 0 Å². The third-order valence-corrected chi connectivity index (χ3v) is 5.85. The summed E-state index contributed by atoms with van der Waals surface area (Å²) in [5, 5.41) is 17.7. The average Bonchev–Trinajstić information content (AvgIpc) is 2.91. The van der Waals surface area contributed by atoms with E-state index in [9.17, 15) is 9.90 Å². The second kappa shape index (κ2) is 6.74. The molecule has 2 aromatic rings. The molecule has 26 heavy (non-hydrogen) atoms. The molecule has 0 bridgehead atoms. The fourth-order valence-electron chi connectivity index (χ4n) is 4.52. The van der Waals surface area contributed by atoms with Crippen molar-refractivity contribution in [2.24, 2.45) is 0 Å². The first-order valence-electron chi connectivity index (χ1n) is 9.09. The first-order chi connectivity index (χ1) is 12.7. The molecule has 2 atom stereocenters. The van der Waals surface area contributed by atoms with Gasteiger partial charge in [0.1, 0.15) is 5.75 Å². The van der Waals surface area contributed by atoms with E-state index in [1.54, 1.807) is 19.2 Å². The first-order valence-corrected chi connectivity index (χ1v) is 9.09. The van der Waals surface area contributed by atoms with E-state index >= 15 is 0 Å². The maximum Gasteiger partial charge on any atom is 0.255 e. The van der Waals surface area contributed by atoms with Gasteiger partial charge in [0.25, 0.3) is 5.91 Å². The summed E-state index contributed by atoms with van der Waals surface area (Å²) in [5.41, 5.74) is 2.37. The van der Waals surface area contributed by atoms with Crippen molar-refractivity contribution in [3.8, 4) is 5.75 Å². The Kier molecular flexibility index (Phi) is 4.42. The summed E-state index contributed by atoms with van der Waals surface area (Å²) < 4.78 is 5.31. The van der Waals surface area contributed by atoms with Crippen molar-refractivity contribution >= 4 is 5.91 Å². The second-order valence-electron chi connectivity index (χ2n) is 7.09. The molecule has 4 rings (SSSR count). The van der Waals surface area contributed by atoms with E-state index in [-0.39, 0.29) is 11.3 Å². The number of methoxy groups -OCH3 is 1. The molecule has 136 valence electrons. The van der Waals surface area contributed by atoms with Crippen LogP contribution in [0.15, 0.2) is 48.5 Å². The number of piperidine rings is 1. The van der Waals surface area contributed by atoms with Crippen molar-refractivity contribution in [2.75, 3.05) is 20.2 Å². The van der Waals surface area contributed by atoms with Gasteiger partial charge in [0.15, 0.2) is 0 Å². The van der Waals surface area contributed by atoms with Crippen molar-refractivity contribution in [2.45, 2.75) is 30.4 Å². The molecule has 1 fully saturated rings. The lowest BCUT2D eigenvalue weighted by atomic mass is 9.72. The number of aliphatic hydroxyl groups excluding tert-OH is 1. The average molecular weight is 352 g/mol. The maximum absolute atomic E-state index is 12.9. The van der Waals surface area contributed by atoms with Crippen LogP contribution in [-0.4, -0.2) is 37.3 Å². The molecule has 0 radical (unpaired) electrons. The van der Waals surface area contributed by atoms with Crippen LogP contribution >= 0.6 is 0 Å². The van der Waals surface area contributed by atoms with Crippen LogP contribution in [0.4, 0.5) is 0 Å². The molecular formula is C21H24N2O3. The van der Waals surface area contributed by atoms with E-state index in [0.29, 0.717) is 11.3 Å². The number of benzene rings is 2. The van der Waals surface area contributed by atoms with Crippen LogP contribution in [0, 0.1) is 0 Å². The Morgan fingerprint density at radius 2 is 1.85 bits per heavy atom. The summed E-state index contributed by atoms with van der Waals surface area (Å²) in [7, 11) is 1.55. The lowest BCUT2D eigenvalue weighted by Crippen LogP contribution is -2.48. The largest absolute Gasteiger partial charge is 0.496 e. The zero-order valence-electron chi connectivity index (χ0n) is 14.9. The highest BCUT2D eigenvalue weighted by atomic mass is 16.5. The molecule has 5 nitrogen and oxygen atoms in total. The predicted molar refractivity (Wildman–Crippen MR) is 99.4 cm³/mol. The van der Waals surface area contributed by atoms with E-state index in [2.05, 4.69) is 16.7 Å². The van der Waals surface area contributed by atoms with E-state index in [4.69, 9.17) is 4.74 Å². The Morgan fingerprint density at radius 1 is 1.15 bits per heavy atom. The minimum absolute atomic E-state index is 0.229. The number of amides is 1. The normalized spacial score (nSPS) is 23.5. The van der Waals surface area contributed by atoms with Gasteiger partial charge in [-0.1, -0.05) is 36.4 Å². The van der Waals surface area contributed by atoms with Crippen LogP contribution in [0.25, 0.3) is 0 Å². The quantitative estimate of drug-likeness (QED) is 0.792. The number of rotatable bonds is 3. The molecule has 2 aliphatic rings. The molecule has 1 amide bonds. The van der Waals surface area contributed by atoms with Crippen LogP contribution < -0.4 is 15.4 Å². The Labute approximate surface area is 153 Å². The van der Waals surface area contributed by atoms with Gasteiger partial charge in [-0.05, 0) is 49.2 Å². The van der Waals surface area contributed by atoms with Gasteiger partial charge in [-0.25, -0.2) is 0 Å². The first kappa shape index (κ1) is 17.1. The Hall–Kier alpha value is -2.37. The van der Waals surface area contributed by atoms with E-state index in [1.165, 1.54) is 5.56 Å². The lowest BCUT2D eigenvalue weighted by Gasteiger charge is -2.38. The van der Waals surface area contributed by atoms with Gasteiger partial charge >= 0.3 is 0 Å². The highest BCUT2D eigenvalue weighted by molar-refractivity contribution is 5.97. The number of para-hydroxylation sites is 1. The number of carbonyl (C=O) groups excluding carboxylic acids is 1. The van der Waals surface area contributed by atoms with Gasteiger partial charge in [-0.3, -0.25) is 4.79 Å². The maximum atomic E-state index is 12.9. The van der Waals surface area contributed by atoms with Gasteiger partial charge in [-0.15, -0.1) is 0 Å². The molecule has 3 N–H and O–H groups in total. The molecule has 0 unspecified atom stereocenters. The summed E-state index contributed by atoms with van der Waals surface area (Å²) in [6, 6.07) is 14.8. The summed E-state index contributed by atoms with van der Waals surface area (Å²) in [4.78, 5) is 12.9. The van der Waals surface area contributed by atoms with Gasteiger partial charge in [0.05, 0.1) is 24.8 Å². The SMILES string of the molecule is COc1ccccc1C(=O)N[C@H]1c2ccccc2C2(CCNCC2)[C@@H]1O. The number of aliphatic hydroxyl groups is 1. The zero-order valence-corrected chi connectivity index (χ0v) is 14.9. The standard InChI is InChI=1S/C21H24N2O3/c1-26-17-9-5-3-7-15(17)20(25)23-18-14-6-2-4-8-16(14)21(19(18)24)10-12-22-13-11-21/h2-9,18-19,22,24H,10-13H2,1H3,(H,23,25)/t18-,19+/m0/s1. The summed E-state index contributed by atoms with van der Waals surface area (Å²) >= 11 is 0. The monoisotopic (exact) mass is 352 g/mol. The summed E-state index contributed by atoms with van der Waals surface area (Å²) in [6.07, 6.45) is 1.10. The van der Waals surface area contributed by atoms with Crippen molar-refractivity contribution in [1.82, 2.24) is 10.6 Å². The van der Waals surface area contributed by atoms with Crippen molar-refractivity contribution in [3.05, 3.63) is 65.2 Å². The minimum atomic E-state index is -0.638. The van der Waals surface area contributed by atoms with E-state index in [1.807, 2.05) is 30.3 Å². The molecule has 0 aromatic heterocycles. The van der Waals surface area contributed by atoms with Crippen LogP contribution in [0.5, 0.6) is 5.75 Å². The molecule has 2 aromatic carbocycles. The zero-order chi connectivity index (χ0) is 18.1. The Balaban J connectivity index is 1.68.